The van der Waals surface area contributed by atoms with Gasteiger partial charge in [-0.3, -0.25) is 20.9 Å². The zero-order valence-electron chi connectivity index (χ0n) is 11.3. The minimum absolute atomic E-state index is 0.0577. The summed E-state index contributed by atoms with van der Waals surface area (Å²) in [5, 5.41) is 4.41. The molecule has 0 fully saturated rings. The molecule has 0 radical (unpaired) electrons. The fraction of sp³-hybridized carbons (Fsp3) is 0.429. The van der Waals surface area contributed by atoms with E-state index in [2.05, 4.69) is 27.6 Å². The molecule has 3 N–H and O–H groups in total. The van der Waals surface area contributed by atoms with E-state index in [1.165, 1.54) is 11.3 Å². The number of hydrogen-bond acceptors (Lipinski definition) is 4. The maximum atomic E-state index is 5.80. The summed E-state index contributed by atoms with van der Waals surface area (Å²) in [4.78, 5) is 4.55. The zero-order chi connectivity index (χ0) is 13.4. The number of pyridine rings is 1. The van der Waals surface area contributed by atoms with Gasteiger partial charge in [0.05, 0.1) is 17.4 Å². The summed E-state index contributed by atoms with van der Waals surface area (Å²) >= 11 is 0. The third-order valence-electron chi connectivity index (χ3n) is 3.94. The molecule has 2 aromatic rings. The van der Waals surface area contributed by atoms with Crippen LogP contribution in [-0.4, -0.2) is 14.8 Å². The lowest BCUT2D eigenvalue weighted by Crippen LogP contribution is -2.33. The van der Waals surface area contributed by atoms with E-state index in [4.69, 9.17) is 5.84 Å². The Kier molecular flexibility index (Phi) is 3.08. The molecule has 0 saturated carbocycles. The van der Waals surface area contributed by atoms with Crippen molar-refractivity contribution in [3.8, 4) is 0 Å². The first kappa shape index (κ1) is 12.3. The molecule has 2 aromatic heterocycles. The van der Waals surface area contributed by atoms with E-state index < -0.39 is 0 Å². The predicted octanol–water partition coefficient (Wildman–Crippen LogP) is 1.36. The maximum Gasteiger partial charge on any atom is 0.0712 e. The number of hydrogen-bond donors (Lipinski definition) is 2. The molecular weight excluding hydrogens is 238 g/mol. The number of nitrogens with two attached hydrogens (primary N) is 1. The molecule has 0 bridgehead atoms. The SMILES string of the molecule is Cc1cc(C(NN)C2CCc3cccnc32)n(C)n1. The van der Waals surface area contributed by atoms with E-state index >= 15 is 0 Å². The van der Waals surface area contributed by atoms with Gasteiger partial charge in [0.25, 0.3) is 0 Å². The van der Waals surface area contributed by atoms with Gasteiger partial charge in [-0.2, -0.15) is 5.10 Å². The summed E-state index contributed by atoms with van der Waals surface area (Å²) in [7, 11) is 1.96. The van der Waals surface area contributed by atoms with Crippen LogP contribution in [0.2, 0.25) is 0 Å². The number of nitrogens with zero attached hydrogens (tertiary/aromatic N) is 3. The largest absolute Gasteiger partial charge is 0.271 e. The Labute approximate surface area is 112 Å². The molecular formula is C14H19N5. The van der Waals surface area contributed by atoms with Crippen molar-refractivity contribution in [2.24, 2.45) is 12.9 Å². The van der Waals surface area contributed by atoms with Gasteiger partial charge in [0.1, 0.15) is 0 Å². The molecule has 0 spiro atoms. The molecule has 2 unspecified atom stereocenters. The van der Waals surface area contributed by atoms with Gasteiger partial charge >= 0.3 is 0 Å². The average Bonchev–Trinajstić information content (AvgIpc) is 2.96. The molecule has 5 heteroatoms. The number of rotatable bonds is 3. The van der Waals surface area contributed by atoms with Gasteiger partial charge in [-0.15, -0.1) is 0 Å². The molecule has 0 aromatic carbocycles. The predicted molar refractivity (Wildman–Crippen MR) is 73.3 cm³/mol. The van der Waals surface area contributed by atoms with E-state index in [0.717, 1.165) is 24.2 Å². The van der Waals surface area contributed by atoms with Crippen LogP contribution in [0.1, 0.15) is 41.0 Å². The van der Waals surface area contributed by atoms with Crippen LogP contribution in [-0.2, 0) is 13.5 Å². The molecule has 0 aliphatic heterocycles. The topological polar surface area (TPSA) is 68.8 Å². The molecule has 3 rings (SSSR count). The molecule has 1 aliphatic rings. The molecule has 2 heterocycles. The quantitative estimate of drug-likeness (QED) is 0.643. The van der Waals surface area contributed by atoms with Gasteiger partial charge in [-0.25, -0.2) is 0 Å². The lowest BCUT2D eigenvalue weighted by molar-refractivity contribution is 0.422. The van der Waals surface area contributed by atoms with Crippen LogP contribution in [0.5, 0.6) is 0 Å². The van der Waals surface area contributed by atoms with Crippen molar-refractivity contribution in [2.45, 2.75) is 31.7 Å². The van der Waals surface area contributed by atoms with Gasteiger partial charge in [-0.05, 0) is 37.5 Å². The van der Waals surface area contributed by atoms with Crippen LogP contribution in [0.25, 0.3) is 0 Å². The fourth-order valence-electron chi connectivity index (χ4n) is 3.10. The molecule has 0 amide bonds. The molecule has 100 valence electrons. The minimum atomic E-state index is 0.0577. The van der Waals surface area contributed by atoms with Crippen molar-refractivity contribution in [3.05, 3.63) is 47.0 Å². The summed E-state index contributed by atoms with van der Waals surface area (Å²) in [5.41, 5.74) is 7.59. The minimum Gasteiger partial charge on any atom is -0.271 e. The van der Waals surface area contributed by atoms with Crippen LogP contribution >= 0.6 is 0 Å². The number of hydrazine groups is 1. The van der Waals surface area contributed by atoms with Crippen molar-refractivity contribution in [2.75, 3.05) is 0 Å². The Hall–Kier alpha value is -1.72. The monoisotopic (exact) mass is 257 g/mol. The van der Waals surface area contributed by atoms with Crippen LogP contribution in [0.15, 0.2) is 24.4 Å². The van der Waals surface area contributed by atoms with Crippen molar-refractivity contribution < 1.29 is 0 Å². The van der Waals surface area contributed by atoms with Crippen LogP contribution in [0.3, 0.4) is 0 Å². The first-order valence-electron chi connectivity index (χ1n) is 6.61. The Morgan fingerprint density at radius 1 is 1.53 bits per heavy atom. The van der Waals surface area contributed by atoms with E-state index in [1.54, 1.807) is 0 Å². The van der Waals surface area contributed by atoms with Crippen molar-refractivity contribution >= 4 is 0 Å². The number of aromatic nitrogens is 3. The molecule has 1 aliphatic carbocycles. The van der Waals surface area contributed by atoms with Crippen LogP contribution < -0.4 is 11.3 Å². The highest BCUT2D eigenvalue weighted by Gasteiger charge is 2.32. The Morgan fingerprint density at radius 3 is 3.05 bits per heavy atom. The summed E-state index contributed by atoms with van der Waals surface area (Å²) in [5.74, 6) is 6.12. The van der Waals surface area contributed by atoms with E-state index in [-0.39, 0.29) is 6.04 Å². The highest BCUT2D eigenvalue weighted by Crippen LogP contribution is 2.39. The van der Waals surface area contributed by atoms with Gasteiger partial charge in [0, 0.05) is 24.9 Å². The van der Waals surface area contributed by atoms with E-state index in [9.17, 15) is 0 Å². The van der Waals surface area contributed by atoms with Crippen LogP contribution in [0.4, 0.5) is 0 Å². The first-order valence-corrected chi connectivity index (χ1v) is 6.61. The second-order valence-electron chi connectivity index (χ2n) is 5.17. The number of nitrogens with one attached hydrogen (secondary N) is 1. The summed E-state index contributed by atoms with van der Waals surface area (Å²) < 4.78 is 1.90. The van der Waals surface area contributed by atoms with Gasteiger partial charge in [-0.1, -0.05) is 6.07 Å². The fourth-order valence-corrected chi connectivity index (χ4v) is 3.10. The highest BCUT2D eigenvalue weighted by atomic mass is 15.3. The van der Waals surface area contributed by atoms with Crippen molar-refractivity contribution in [1.29, 1.82) is 0 Å². The van der Waals surface area contributed by atoms with Crippen LogP contribution in [0, 0.1) is 6.92 Å². The molecule has 0 saturated heterocycles. The molecule has 19 heavy (non-hydrogen) atoms. The summed E-state index contributed by atoms with van der Waals surface area (Å²) in [6.45, 7) is 2.00. The Morgan fingerprint density at radius 2 is 2.37 bits per heavy atom. The third kappa shape index (κ3) is 2.05. The lowest BCUT2D eigenvalue weighted by atomic mass is 9.94. The third-order valence-corrected chi connectivity index (χ3v) is 3.94. The zero-order valence-corrected chi connectivity index (χ0v) is 11.3. The Bertz CT molecular complexity index is 589. The molecule has 2 atom stereocenters. The lowest BCUT2D eigenvalue weighted by Gasteiger charge is -2.23. The maximum absolute atomic E-state index is 5.80. The second kappa shape index (κ2) is 4.75. The van der Waals surface area contributed by atoms with E-state index in [1.807, 2.05) is 30.9 Å². The smallest absolute Gasteiger partial charge is 0.0712 e. The van der Waals surface area contributed by atoms with Gasteiger partial charge in [0.15, 0.2) is 0 Å². The summed E-state index contributed by atoms with van der Waals surface area (Å²) in [6, 6.07) is 6.30. The summed E-state index contributed by atoms with van der Waals surface area (Å²) in [6.07, 6.45) is 4.01. The number of fused-ring (bicyclic) bond motifs is 1. The van der Waals surface area contributed by atoms with Crippen molar-refractivity contribution in [1.82, 2.24) is 20.2 Å². The number of aryl methyl sites for hydroxylation is 3. The average molecular weight is 257 g/mol. The van der Waals surface area contributed by atoms with Gasteiger partial charge in [0.2, 0.25) is 0 Å². The standard InChI is InChI=1S/C14H19N5/c1-9-8-12(19(2)18-9)14(17-15)11-6-5-10-4-3-7-16-13(10)11/h3-4,7-8,11,14,17H,5-6,15H2,1-2H3. The Balaban J connectivity index is 1.99. The van der Waals surface area contributed by atoms with Crippen molar-refractivity contribution in [3.63, 3.8) is 0 Å². The van der Waals surface area contributed by atoms with E-state index in [0.29, 0.717) is 5.92 Å². The normalized spacial score (nSPS) is 19.4. The molecule has 5 nitrogen and oxygen atoms in total. The first-order chi connectivity index (χ1) is 9.20. The van der Waals surface area contributed by atoms with Gasteiger partial charge < -0.3 is 0 Å². The highest BCUT2D eigenvalue weighted by molar-refractivity contribution is 5.32. The second-order valence-corrected chi connectivity index (χ2v) is 5.17.